The average Bonchev–Trinajstić information content (AvgIpc) is 2.79. The van der Waals surface area contributed by atoms with E-state index in [9.17, 15) is 0 Å². The van der Waals surface area contributed by atoms with Gasteiger partial charge in [-0.25, -0.2) is 0 Å². The van der Waals surface area contributed by atoms with Gasteiger partial charge in [0.2, 0.25) is 0 Å². The first-order valence-electron chi connectivity index (χ1n) is 11.6. The highest BCUT2D eigenvalue weighted by Gasteiger charge is 2.38. The smallest absolute Gasteiger partial charge is 0.191 e. The van der Waals surface area contributed by atoms with Gasteiger partial charge in [0.1, 0.15) is 0 Å². The van der Waals surface area contributed by atoms with Crippen molar-refractivity contribution in [2.45, 2.75) is 70.7 Å². The summed E-state index contributed by atoms with van der Waals surface area (Å²) in [5.74, 6) is 0.872. The molecule has 0 aromatic heterocycles. The number of guanidine groups is 1. The van der Waals surface area contributed by atoms with Crippen LogP contribution < -0.4 is 10.6 Å². The number of hydrogen-bond acceptors (Lipinski definition) is 4. The highest BCUT2D eigenvalue weighted by molar-refractivity contribution is 14.0. The Morgan fingerprint density at radius 1 is 1.13 bits per heavy atom. The van der Waals surface area contributed by atoms with E-state index in [0.717, 1.165) is 45.4 Å². The third kappa shape index (κ3) is 8.18. The Labute approximate surface area is 205 Å². The Kier molecular flexibility index (Phi) is 11.6. The van der Waals surface area contributed by atoms with Gasteiger partial charge in [0.25, 0.3) is 0 Å². The Morgan fingerprint density at radius 2 is 1.84 bits per heavy atom. The molecule has 3 rings (SSSR count). The third-order valence-corrected chi connectivity index (χ3v) is 6.31. The second-order valence-corrected chi connectivity index (χ2v) is 8.84. The summed E-state index contributed by atoms with van der Waals surface area (Å²) in [5, 5.41) is 7.13. The van der Waals surface area contributed by atoms with Crippen LogP contribution in [0.4, 0.5) is 0 Å². The van der Waals surface area contributed by atoms with Gasteiger partial charge in [0.05, 0.1) is 25.9 Å². The molecular weight excluding hydrogens is 503 g/mol. The van der Waals surface area contributed by atoms with Crippen LogP contribution in [0.3, 0.4) is 0 Å². The maximum absolute atomic E-state index is 5.73. The molecular formula is C24H41IN4O2. The Hall–Kier alpha value is -0.900. The largest absolute Gasteiger partial charge is 0.379 e. The predicted octanol–water partition coefficient (Wildman–Crippen LogP) is 3.93. The van der Waals surface area contributed by atoms with Crippen molar-refractivity contribution in [2.75, 3.05) is 39.9 Å². The molecule has 0 radical (unpaired) electrons. The van der Waals surface area contributed by atoms with Gasteiger partial charge in [-0.3, -0.25) is 9.89 Å². The van der Waals surface area contributed by atoms with E-state index in [0.29, 0.717) is 6.61 Å². The van der Waals surface area contributed by atoms with E-state index < -0.39 is 0 Å². The first kappa shape index (κ1) is 26.4. The van der Waals surface area contributed by atoms with Gasteiger partial charge in [-0.05, 0) is 37.8 Å². The quantitative estimate of drug-likeness (QED) is 0.295. The molecule has 1 heterocycles. The van der Waals surface area contributed by atoms with Gasteiger partial charge in [-0.15, -0.1) is 24.0 Å². The van der Waals surface area contributed by atoms with Crippen molar-refractivity contribution in [3.05, 3.63) is 35.4 Å². The summed E-state index contributed by atoms with van der Waals surface area (Å²) in [4.78, 5) is 7.13. The summed E-state index contributed by atoms with van der Waals surface area (Å²) in [6.07, 6.45) is 6.75. The molecule has 6 nitrogen and oxygen atoms in total. The van der Waals surface area contributed by atoms with Crippen LogP contribution in [0.15, 0.2) is 29.3 Å². The minimum absolute atomic E-state index is 0. The van der Waals surface area contributed by atoms with E-state index in [1.54, 1.807) is 0 Å². The van der Waals surface area contributed by atoms with Crippen molar-refractivity contribution in [1.29, 1.82) is 0 Å². The van der Waals surface area contributed by atoms with Gasteiger partial charge in [0.15, 0.2) is 5.96 Å². The fourth-order valence-corrected chi connectivity index (χ4v) is 4.60. The molecule has 7 heteroatoms. The SMILES string of the molecule is CN=C(NCc1cccc(COC(C)C)c1)NCC1(N2CCOCC2)CCCCC1.I. The Morgan fingerprint density at radius 3 is 2.52 bits per heavy atom. The summed E-state index contributed by atoms with van der Waals surface area (Å²) in [7, 11) is 1.85. The molecule has 2 N–H and O–H groups in total. The van der Waals surface area contributed by atoms with E-state index in [-0.39, 0.29) is 35.6 Å². The molecule has 31 heavy (non-hydrogen) atoms. The van der Waals surface area contributed by atoms with Crippen LogP contribution in [0.2, 0.25) is 0 Å². The first-order valence-corrected chi connectivity index (χ1v) is 11.6. The van der Waals surface area contributed by atoms with E-state index in [1.807, 2.05) is 7.05 Å². The van der Waals surface area contributed by atoms with Crippen LogP contribution in [0, 0.1) is 0 Å². The number of aliphatic imine (C=N–C) groups is 1. The summed E-state index contributed by atoms with van der Waals surface area (Å²) in [6, 6.07) is 8.57. The van der Waals surface area contributed by atoms with Crippen LogP contribution in [0.5, 0.6) is 0 Å². The Bertz CT molecular complexity index is 671. The van der Waals surface area contributed by atoms with Crippen molar-refractivity contribution < 1.29 is 9.47 Å². The number of nitrogens with zero attached hydrogens (tertiary/aromatic N) is 2. The molecule has 0 spiro atoms. The van der Waals surface area contributed by atoms with Crippen LogP contribution in [0.1, 0.15) is 57.1 Å². The molecule has 1 aromatic rings. The maximum Gasteiger partial charge on any atom is 0.191 e. The van der Waals surface area contributed by atoms with Crippen molar-refractivity contribution in [2.24, 2.45) is 4.99 Å². The number of rotatable bonds is 8. The number of halogens is 1. The lowest BCUT2D eigenvalue weighted by Crippen LogP contribution is -2.60. The molecule has 176 valence electrons. The first-order chi connectivity index (χ1) is 14.6. The molecule has 0 bridgehead atoms. The standard InChI is InChI=1S/C24H40N4O2.HI/c1-20(2)30-18-22-9-7-8-21(16-22)17-26-23(25-3)27-19-24(10-5-4-6-11-24)28-12-14-29-15-13-28;/h7-9,16,20H,4-6,10-15,17-19H2,1-3H3,(H2,25,26,27);1H. The van der Waals surface area contributed by atoms with Crippen LogP contribution in [-0.4, -0.2) is 62.4 Å². The van der Waals surface area contributed by atoms with Gasteiger partial charge < -0.3 is 20.1 Å². The average molecular weight is 545 g/mol. The van der Waals surface area contributed by atoms with Crippen LogP contribution >= 0.6 is 24.0 Å². The fourth-order valence-electron chi connectivity index (χ4n) is 4.60. The fraction of sp³-hybridized carbons (Fsp3) is 0.708. The molecule has 2 aliphatic rings. The van der Waals surface area contributed by atoms with E-state index in [2.05, 4.69) is 58.6 Å². The number of nitrogens with one attached hydrogen (secondary N) is 2. The summed E-state index contributed by atoms with van der Waals surface area (Å²) in [5.41, 5.74) is 2.68. The molecule has 1 aromatic carbocycles. The third-order valence-electron chi connectivity index (χ3n) is 6.31. The van der Waals surface area contributed by atoms with E-state index in [1.165, 1.54) is 43.2 Å². The zero-order chi connectivity index (χ0) is 21.2. The maximum atomic E-state index is 5.73. The lowest BCUT2D eigenvalue weighted by Gasteiger charge is -2.48. The lowest BCUT2D eigenvalue weighted by molar-refractivity contribution is -0.0352. The minimum Gasteiger partial charge on any atom is -0.379 e. The number of benzene rings is 1. The summed E-state index contributed by atoms with van der Waals surface area (Å²) in [6.45, 7) is 10.3. The van der Waals surface area contributed by atoms with Gasteiger partial charge in [-0.2, -0.15) is 0 Å². The number of hydrogen-bond donors (Lipinski definition) is 2. The molecule has 1 aliphatic carbocycles. The van der Waals surface area contributed by atoms with E-state index in [4.69, 9.17) is 9.47 Å². The predicted molar refractivity (Wildman–Crippen MR) is 138 cm³/mol. The van der Waals surface area contributed by atoms with Gasteiger partial charge >= 0.3 is 0 Å². The van der Waals surface area contributed by atoms with Crippen LogP contribution in [-0.2, 0) is 22.6 Å². The molecule has 0 unspecified atom stereocenters. The summed E-state index contributed by atoms with van der Waals surface area (Å²) < 4.78 is 11.3. The highest BCUT2D eigenvalue weighted by atomic mass is 127. The highest BCUT2D eigenvalue weighted by Crippen LogP contribution is 2.33. The second-order valence-electron chi connectivity index (χ2n) is 8.84. The molecule has 2 fully saturated rings. The molecule has 1 aliphatic heterocycles. The topological polar surface area (TPSA) is 58.1 Å². The summed E-state index contributed by atoms with van der Waals surface area (Å²) >= 11 is 0. The van der Waals surface area contributed by atoms with Crippen molar-refractivity contribution in [3.8, 4) is 0 Å². The van der Waals surface area contributed by atoms with Gasteiger partial charge in [0, 0.05) is 38.8 Å². The van der Waals surface area contributed by atoms with Crippen LogP contribution in [0.25, 0.3) is 0 Å². The number of morpholine rings is 1. The van der Waals surface area contributed by atoms with Crippen molar-refractivity contribution in [3.63, 3.8) is 0 Å². The lowest BCUT2D eigenvalue weighted by atomic mass is 9.80. The van der Waals surface area contributed by atoms with E-state index >= 15 is 0 Å². The normalized spacial score (nSPS) is 19.7. The minimum atomic E-state index is 0. The Balaban J connectivity index is 0.00000341. The zero-order valence-corrected chi connectivity index (χ0v) is 21.8. The molecule has 1 saturated carbocycles. The zero-order valence-electron chi connectivity index (χ0n) is 19.5. The molecule has 0 amide bonds. The van der Waals surface area contributed by atoms with Crippen molar-refractivity contribution >= 4 is 29.9 Å². The van der Waals surface area contributed by atoms with Gasteiger partial charge in [-0.1, -0.05) is 43.5 Å². The molecule has 1 saturated heterocycles. The molecule has 0 atom stereocenters. The number of ether oxygens (including phenoxy) is 2. The second kappa shape index (κ2) is 13.6. The monoisotopic (exact) mass is 544 g/mol. The van der Waals surface area contributed by atoms with Crippen molar-refractivity contribution in [1.82, 2.24) is 15.5 Å².